The van der Waals surface area contributed by atoms with Gasteiger partial charge in [0.25, 0.3) is 10.0 Å². The van der Waals surface area contributed by atoms with Crippen LogP contribution in [0.4, 0.5) is 5.13 Å². The minimum absolute atomic E-state index is 0.0537. The van der Waals surface area contributed by atoms with Gasteiger partial charge in [-0.25, -0.2) is 13.4 Å². The molecule has 6 nitrogen and oxygen atoms in total. The lowest BCUT2D eigenvalue weighted by atomic mass is 10.2. The lowest BCUT2D eigenvalue weighted by Gasteiger charge is -2.05. The van der Waals surface area contributed by atoms with Crippen LogP contribution in [0.5, 0.6) is 0 Å². The van der Waals surface area contributed by atoms with E-state index in [0.717, 1.165) is 11.3 Å². The second-order valence-electron chi connectivity index (χ2n) is 3.79. The largest absolute Gasteiger partial charge is 0.481 e. The van der Waals surface area contributed by atoms with E-state index in [1.165, 1.54) is 30.5 Å². The first-order valence-electron chi connectivity index (χ1n) is 5.32. The molecule has 1 heterocycles. The molecule has 2 N–H and O–H groups in total. The van der Waals surface area contributed by atoms with Gasteiger partial charge in [0.2, 0.25) is 0 Å². The summed E-state index contributed by atoms with van der Waals surface area (Å²) in [6.07, 6.45) is 1.35. The fourth-order valence-electron chi connectivity index (χ4n) is 1.44. The van der Waals surface area contributed by atoms with Gasteiger partial charge in [0.05, 0.1) is 21.3 Å². The molecule has 1 aromatic carbocycles. The van der Waals surface area contributed by atoms with Crippen molar-refractivity contribution in [1.82, 2.24) is 4.98 Å². The molecule has 0 bridgehead atoms. The average molecular weight is 377 g/mol. The average Bonchev–Trinajstić information content (AvgIpc) is 2.74. The predicted octanol–water partition coefficient (Wildman–Crippen LogP) is 2.33. The number of carbonyl (C=O) groups is 1. The first kappa shape index (κ1) is 14.9. The molecule has 2 rings (SSSR count). The number of rotatable bonds is 5. The maximum absolute atomic E-state index is 12.1. The standard InChI is InChI=1S/C11H9BrN2O4S2/c12-9-6-13-11(19-9)14-20(17,18)8-3-1-7(2-4-8)5-10(15)16/h1-4,6H,5H2,(H,13,14)(H,15,16). The van der Waals surface area contributed by atoms with E-state index in [-0.39, 0.29) is 16.4 Å². The zero-order valence-electron chi connectivity index (χ0n) is 9.91. The van der Waals surface area contributed by atoms with Gasteiger partial charge >= 0.3 is 5.97 Å². The molecule has 9 heteroatoms. The smallest absolute Gasteiger partial charge is 0.307 e. The van der Waals surface area contributed by atoms with E-state index < -0.39 is 16.0 Å². The van der Waals surface area contributed by atoms with Crippen molar-refractivity contribution in [1.29, 1.82) is 0 Å². The van der Waals surface area contributed by atoms with Gasteiger partial charge in [0.1, 0.15) is 0 Å². The monoisotopic (exact) mass is 376 g/mol. The number of halogens is 1. The van der Waals surface area contributed by atoms with E-state index in [1.807, 2.05) is 0 Å². The highest BCUT2D eigenvalue weighted by Gasteiger charge is 2.16. The molecule has 1 aromatic heterocycles. The van der Waals surface area contributed by atoms with Crippen molar-refractivity contribution in [3.8, 4) is 0 Å². The summed E-state index contributed by atoms with van der Waals surface area (Å²) in [5.41, 5.74) is 0.536. The van der Waals surface area contributed by atoms with Crippen LogP contribution in [-0.2, 0) is 21.2 Å². The predicted molar refractivity (Wildman–Crippen MR) is 78.4 cm³/mol. The third-order valence-corrected chi connectivity index (χ3v) is 5.16. The number of hydrogen-bond acceptors (Lipinski definition) is 5. The van der Waals surface area contributed by atoms with E-state index in [2.05, 4.69) is 25.6 Å². The van der Waals surface area contributed by atoms with Gasteiger partial charge in [0.15, 0.2) is 5.13 Å². The van der Waals surface area contributed by atoms with Crippen LogP contribution in [-0.4, -0.2) is 24.5 Å². The molecule has 106 valence electrons. The first-order chi connectivity index (χ1) is 9.37. The summed E-state index contributed by atoms with van der Waals surface area (Å²) in [4.78, 5) is 14.5. The Balaban J connectivity index is 2.19. The molecule has 2 aromatic rings. The van der Waals surface area contributed by atoms with Crippen molar-refractivity contribution in [2.75, 3.05) is 4.72 Å². The number of thiazole rings is 1. The molecule has 0 fully saturated rings. The lowest BCUT2D eigenvalue weighted by molar-refractivity contribution is -0.136. The molecular formula is C11H9BrN2O4S2. The Morgan fingerprint density at radius 3 is 2.50 bits per heavy atom. The zero-order valence-corrected chi connectivity index (χ0v) is 13.1. The molecule has 0 spiro atoms. The number of hydrogen-bond donors (Lipinski definition) is 2. The molecule has 0 unspecified atom stereocenters. The maximum Gasteiger partial charge on any atom is 0.307 e. The number of carboxylic acids is 1. The summed E-state index contributed by atoms with van der Waals surface area (Å²) in [5.74, 6) is -0.966. The van der Waals surface area contributed by atoms with Gasteiger partial charge in [0, 0.05) is 0 Å². The third kappa shape index (κ3) is 3.78. The Morgan fingerprint density at radius 2 is 2.00 bits per heavy atom. The summed E-state index contributed by atoms with van der Waals surface area (Å²) in [7, 11) is -3.72. The number of aliphatic carboxylic acids is 1. The molecule has 0 radical (unpaired) electrons. The van der Waals surface area contributed by atoms with Crippen molar-refractivity contribution in [2.24, 2.45) is 0 Å². The number of sulfonamides is 1. The summed E-state index contributed by atoms with van der Waals surface area (Å²) in [5, 5.41) is 8.91. The fourth-order valence-corrected chi connectivity index (χ4v) is 3.79. The number of benzene rings is 1. The Hall–Kier alpha value is -1.45. The van der Waals surface area contributed by atoms with Crippen molar-refractivity contribution in [3.63, 3.8) is 0 Å². The van der Waals surface area contributed by atoms with Crippen LogP contribution in [0.15, 0.2) is 39.1 Å². The van der Waals surface area contributed by atoms with E-state index in [1.54, 1.807) is 0 Å². The molecule has 0 atom stereocenters. The lowest BCUT2D eigenvalue weighted by Crippen LogP contribution is -2.12. The van der Waals surface area contributed by atoms with Gasteiger partial charge in [-0.05, 0) is 33.6 Å². The van der Waals surface area contributed by atoms with Crippen LogP contribution in [0.25, 0.3) is 0 Å². The van der Waals surface area contributed by atoms with Crippen molar-refractivity contribution < 1.29 is 18.3 Å². The second kappa shape index (κ2) is 5.90. The van der Waals surface area contributed by atoms with Gasteiger partial charge in [-0.2, -0.15) is 0 Å². The maximum atomic E-state index is 12.1. The summed E-state index contributed by atoms with van der Waals surface area (Å²) in [6, 6.07) is 5.67. The van der Waals surface area contributed by atoms with Gasteiger partial charge < -0.3 is 5.11 Å². The van der Waals surface area contributed by atoms with Crippen LogP contribution < -0.4 is 4.72 Å². The zero-order chi connectivity index (χ0) is 14.8. The van der Waals surface area contributed by atoms with Gasteiger partial charge in [-0.1, -0.05) is 23.5 Å². The third-order valence-electron chi connectivity index (χ3n) is 2.29. The highest BCUT2D eigenvalue weighted by atomic mass is 79.9. The molecular weight excluding hydrogens is 368 g/mol. The Labute approximate surface area is 127 Å². The van der Waals surface area contributed by atoms with Crippen LogP contribution >= 0.6 is 27.3 Å². The van der Waals surface area contributed by atoms with Crippen LogP contribution in [0.2, 0.25) is 0 Å². The van der Waals surface area contributed by atoms with E-state index in [4.69, 9.17) is 5.11 Å². The van der Waals surface area contributed by atoms with Gasteiger partial charge in [-0.3, -0.25) is 9.52 Å². The normalized spacial score (nSPS) is 11.2. The number of nitrogens with one attached hydrogen (secondary N) is 1. The number of nitrogens with zero attached hydrogens (tertiary/aromatic N) is 1. The Kier molecular flexibility index (Phi) is 4.41. The van der Waals surface area contributed by atoms with E-state index >= 15 is 0 Å². The van der Waals surface area contributed by atoms with Crippen molar-refractivity contribution >= 4 is 48.4 Å². The number of aromatic nitrogens is 1. The highest BCUT2D eigenvalue weighted by Crippen LogP contribution is 2.25. The highest BCUT2D eigenvalue weighted by molar-refractivity contribution is 9.11. The quantitative estimate of drug-likeness (QED) is 0.834. The Morgan fingerprint density at radius 1 is 1.35 bits per heavy atom. The van der Waals surface area contributed by atoms with Gasteiger partial charge in [-0.15, -0.1) is 0 Å². The minimum Gasteiger partial charge on any atom is -0.481 e. The number of anilines is 1. The molecule has 0 saturated carbocycles. The van der Waals surface area contributed by atoms with Crippen LogP contribution in [0.3, 0.4) is 0 Å². The molecule has 0 aliphatic heterocycles. The summed E-state index contributed by atoms with van der Waals surface area (Å²) in [6.45, 7) is 0. The SMILES string of the molecule is O=C(O)Cc1ccc(S(=O)(=O)Nc2ncc(Br)s2)cc1. The molecule has 0 aliphatic carbocycles. The van der Waals surface area contributed by atoms with Crippen LogP contribution in [0.1, 0.15) is 5.56 Å². The van der Waals surface area contributed by atoms with Crippen molar-refractivity contribution in [2.45, 2.75) is 11.3 Å². The second-order valence-corrected chi connectivity index (χ2v) is 7.88. The Bertz CT molecular complexity index is 725. The molecule has 0 amide bonds. The molecule has 0 aliphatic rings. The fraction of sp³-hybridized carbons (Fsp3) is 0.0909. The first-order valence-corrected chi connectivity index (χ1v) is 8.41. The summed E-state index contributed by atoms with van der Waals surface area (Å²) >= 11 is 4.35. The molecule has 20 heavy (non-hydrogen) atoms. The minimum atomic E-state index is -3.72. The van der Waals surface area contributed by atoms with E-state index in [0.29, 0.717) is 9.35 Å². The number of carboxylic acid groups (broad SMARTS) is 1. The topological polar surface area (TPSA) is 96.4 Å². The summed E-state index contributed by atoms with van der Waals surface area (Å²) < 4.78 is 27.2. The van der Waals surface area contributed by atoms with Crippen molar-refractivity contribution in [3.05, 3.63) is 39.8 Å². The van der Waals surface area contributed by atoms with E-state index in [9.17, 15) is 13.2 Å². The van der Waals surface area contributed by atoms with Crippen LogP contribution in [0, 0.1) is 0 Å². The molecule has 0 saturated heterocycles.